The van der Waals surface area contributed by atoms with Crippen LogP contribution in [-0.4, -0.2) is 44.1 Å². The molecule has 0 aliphatic carbocycles. The molecule has 0 atom stereocenters. The summed E-state index contributed by atoms with van der Waals surface area (Å²) in [5.74, 6) is 1.05. The first-order valence-electron chi connectivity index (χ1n) is 5.89. The molecule has 1 saturated heterocycles. The number of nitrogens with zero attached hydrogens (tertiary/aromatic N) is 1. The molecule has 1 aromatic rings. The molecule has 2 heterocycles. The molecule has 1 aliphatic rings. The van der Waals surface area contributed by atoms with Crippen LogP contribution in [0.5, 0.6) is 0 Å². The van der Waals surface area contributed by atoms with Gasteiger partial charge in [-0.25, -0.2) is 0 Å². The highest BCUT2D eigenvalue weighted by Crippen LogP contribution is 2.12. The van der Waals surface area contributed by atoms with Crippen LogP contribution in [0.2, 0.25) is 0 Å². The van der Waals surface area contributed by atoms with Gasteiger partial charge in [-0.05, 0) is 25.1 Å². The third kappa shape index (κ3) is 3.08. The minimum atomic E-state index is -0.0314. The summed E-state index contributed by atoms with van der Waals surface area (Å²) in [6, 6.07) is 3.50. The summed E-state index contributed by atoms with van der Waals surface area (Å²) in [6.45, 7) is 3.73. The quantitative estimate of drug-likeness (QED) is 0.848. The highest BCUT2D eigenvalue weighted by atomic mass is 16.5. The van der Waals surface area contributed by atoms with Crippen LogP contribution in [0.15, 0.2) is 16.5 Å². The van der Waals surface area contributed by atoms with Gasteiger partial charge in [0.15, 0.2) is 5.76 Å². The van der Waals surface area contributed by atoms with E-state index >= 15 is 0 Å². The zero-order chi connectivity index (χ0) is 12.1. The molecule has 94 valence electrons. The van der Waals surface area contributed by atoms with Crippen molar-refractivity contribution >= 4 is 5.91 Å². The highest BCUT2D eigenvalue weighted by molar-refractivity contribution is 5.91. The number of carbonyl (C=O) groups is 1. The number of furan rings is 1. The Balaban J connectivity index is 2.01. The Morgan fingerprint density at radius 3 is 3.18 bits per heavy atom. The molecule has 0 bridgehead atoms. The van der Waals surface area contributed by atoms with E-state index in [1.165, 1.54) is 0 Å². The summed E-state index contributed by atoms with van der Waals surface area (Å²) in [5.41, 5.74) is 0. The largest absolute Gasteiger partial charge is 0.453 e. The summed E-state index contributed by atoms with van der Waals surface area (Å²) >= 11 is 0. The average molecular weight is 238 g/mol. The van der Waals surface area contributed by atoms with Crippen LogP contribution >= 0.6 is 0 Å². The van der Waals surface area contributed by atoms with Crippen molar-refractivity contribution in [2.75, 3.05) is 33.3 Å². The Bertz CT molecular complexity index is 368. The van der Waals surface area contributed by atoms with E-state index in [9.17, 15) is 4.79 Å². The van der Waals surface area contributed by atoms with Crippen molar-refractivity contribution in [2.24, 2.45) is 0 Å². The lowest BCUT2D eigenvalue weighted by atomic mass is 10.3. The molecule has 0 aromatic carbocycles. The first-order chi connectivity index (χ1) is 8.31. The lowest BCUT2D eigenvalue weighted by molar-refractivity contribution is 0.0726. The first kappa shape index (κ1) is 12.1. The minimum absolute atomic E-state index is 0.0314. The predicted octanol–water partition coefficient (Wildman–Crippen LogP) is 0.861. The maximum Gasteiger partial charge on any atom is 0.289 e. The van der Waals surface area contributed by atoms with E-state index in [1.807, 2.05) is 4.90 Å². The number of methoxy groups -OCH3 is 1. The topological polar surface area (TPSA) is 54.7 Å². The van der Waals surface area contributed by atoms with Crippen molar-refractivity contribution in [3.05, 3.63) is 23.7 Å². The normalized spacial score (nSPS) is 16.9. The molecular weight excluding hydrogens is 220 g/mol. The van der Waals surface area contributed by atoms with Gasteiger partial charge in [0, 0.05) is 26.7 Å². The molecule has 0 saturated carbocycles. The number of ether oxygens (including phenoxy) is 1. The van der Waals surface area contributed by atoms with Crippen LogP contribution in [0.1, 0.15) is 22.7 Å². The second-order valence-electron chi connectivity index (χ2n) is 4.09. The Labute approximate surface area is 101 Å². The lowest BCUT2D eigenvalue weighted by Crippen LogP contribution is -2.33. The molecule has 1 aliphatic heterocycles. The fraction of sp³-hybridized carbons (Fsp3) is 0.583. The molecule has 0 spiro atoms. The molecule has 1 amide bonds. The molecule has 1 aromatic heterocycles. The minimum Gasteiger partial charge on any atom is -0.453 e. The van der Waals surface area contributed by atoms with Crippen molar-refractivity contribution in [2.45, 2.75) is 13.0 Å². The first-order valence-corrected chi connectivity index (χ1v) is 5.89. The molecule has 5 nitrogen and oxygen atoms in total. The summed E-state index contributed by atoms with van der Waals surface area (Å²) in [6.07, 6.45) is 0.984. The van der Waals surface area contributed by atoms with E-state index in [2.05, 4.69) is 5.32 Å². The number of hydrogen-bond donors (Lipinski definition) is 1. The van der Waals surface area contributed by atoms with E-state index in [0.717, 1.165) is 32.6 Å². The molecule has 0 unspecified atom stereocenters. The zero-order valence-corrected chi connectivity index (χ0v) is 10.1. The van der Waals surface area contributed by atoms with Crippen molar-refractivity contribution in [1.29, 1.82) is 0 Å². The third-order valence-electron chi connectivity index (χ3n) is 2.79. The molecule has 5 heteroatoms. The molecular formula is C12H18N2O3. The fourth-order valence-corrected chi connectivity index (χ4v) is 1.92. The summed E-state index contributed by atoms with van der Waals surface area (Å²) in [7, 11) is 1.60. The molecule has 1 N–H and O–H groups in total. The van der Waals surface area contributed by atoms with Crippen LogP contribution in [-0.2, 0) is 11.3 Å². The van der Waals surface area contributed by atoms with Gasteiger partial charge in [-0.1, -0.05) is 0 Å². The molecule has 0 radical (unpaired) electrons. The standard InChI is InChI=1S/C12H18N2O3/c1-16-9-10-3-4-11(17-10)12(15)14-7-2-5-13-6-8-14/h3-4,13H,2,5-9H2,1H3. The van der Waals surface area contributed by atoms with Gasteiger partial charge in [-0.15, -0.1) is 0 Å². The van der Waals surface area contributed by atoms with Crippen LogP contribution in [0, 0.1) is 0 Å². The number of rotatable bonds is 3. The van der Waals surface area contributed by atoms with Crippen LogP contribution in [0.25, 0.3) is 0 Å². The van der Waals surface area contributed by atoms with Gasteiger partial charge in [-0.3, -0.25) is 4.79 Å². The van der Waals surface area contributed by atoms with Crippen molar-refractivity contribution < 1.29 is 13.9 Å². The van der Waals surface area contributed by atoms with E-state index in [1.54, 1.807) is 19.2 Å². The number of carbonyl (C=O) groups excluding carboxylic acids is 1. The van der Waals surface area contributed by atoms with Crippen LogP contribution < -0.4 is 5.32 Å². The molecule has 1 fully saturated rings. The fourth-order valence-electron chi connectivity index (χ4n) is 1.92. The number of nitrogens with one attached hydrogen (secondary N) is 1. The SMILES string of the molecule is COCc1ccc(C(=O)N2CCCNCC2)o1. The van der Waals surface area contributed by atoms with Gasteiger partial charge in [0.2, 0.25) is 0 Å². The van der Waals surface area contributed by atoms with Crippen LogP contribution in [0.3, 0.4) is 0 Å². The predicted molar refractivity (Wildman–Crippen MR) is 62.8 cm³/mol. The van der Waals surface area contributed by atoms with Gasteiger partial charge < -0.3 is 19.4 Å². The Morgan fingerprint density at radius 1 is 1.47 bits per heavy atom. The Kier molecular flexibility index (Phi) is 4.17. The average Bonchev–Trinajstić information content (AvgIpc) is 2.64. The highest BCUT2D eigenvalue weighted by Gasteiger charge is 2.19. The Hall–Kier alpha value is -1.33. The monoisotopic (exact) mass is 238 g/mol. The third-order valence-corrected chi connectivity index (χ3v) is 2.79. The van der Waals surface area contributed by atoms with Crippen LogP contribution in [0.4, 0.5) is 0 Å². The van der Waals surface area contributed by atoms with E-state index in [4.69, 9.17) is 9.15 Å². The van der Waals surface area contributed by atoms with Gasteiger partial charge in [-0.2, -0.15) is 0 Å². The second-order valence-corrected chi connectivity index (χ2v) is 4.09. The second kappa shape index (κ2) is 5.84. The van der Waals surface area contributed by atoms with E-state index < -0.39 is 0 Å². The Morgan fingerprint density at radius 2 is 2.35 bits per heavy atom. The number of hydrogen-bond acceptors (Lipinski definition) is 4. The van der Waals surface area contributed by atoms with Gasteiger partial charge in [0.25, 0.3) is 5.91 Å². The summed E-state index contributed by atoms with van der Waals surface area (Å²) < 4.78 is 10.4. The van der Waals surface area contributed by atoms with E-state index in [-0.39, 0.29) is 5.91 Å². The van der Waals surface area contributed by atoms with Gasteiger partial charge in [0.05, 0.1) is 0 Å². The summed E-state index contributed by atoms with van der Waals surface area (Å²) in [5, 5.41) is 3.26. The van der Waals surface area contributed by atoms with Crippen molar-refractivity contribution in [3.8, 4) is 0 Å². The number of amides is 1. The van der Waals surface area contributed by atoms with Crippen molar-refractivity contribution in [1.82, 2.24) is 10.2 Å². The van der Waals surface area contributed by atoms with Gasteiger partial charge in [0.1, 0.15) is 12.4 Å². The van der Waals surface area contributed by atoms with Gasteiger partial charge >= 0.3 is 0 Å². The lowest BCUT2D eigenvalue weighted by Gasteiger charge is -2.18. The van der Waals surface area contributed by atoms with Crippen molar-refractivity contribution in [3.63, 3.8) is 0 Å². The smallest absolute Gasteiger partial charge is 0.289 e. The van der Waals surface area contributed by atoms with E-state index in [0.29, 0.717) is 18.1 Å². The summed E-state index contributed by atoms with van der Waals surface area (Å²) in [4.78, 5) is 14.0. The molecule has 2 rings (SSSR count). The molecule has 17 heavy (non-hydrogen) atoms. The zero-order valence-electron chi connectivity index (χ0n) is 10.1. The maximum atomic E-state index is 12.1. The maximum absolute atomic E-state index is 12.1.